The molecular weight excluding hydrogens is 533 g/mol. The summed E-state index contributed by atoms with van der Waals surface area (Å²) in [6.45, 7) is 6.05. The van der Waals surface area contributed by atoms with Crippen molar-refractivity contribution in [2.24, 2.45) is 5.92 Å². The van der Waals surface area contributed by atoms with Crippen molar-refractivity contribution >= 4 is 41.0 Å². The van der Waals surface area contributed by atoms with Gasteiger partial charge in [0.05, 0.1) is 22.2 Å². The Morgan fingerprint density at radius 3 is 1.68 bits per heavy atom. The van der Waals surface area contributed by atoms with Crippen molar-refractivity contribution in [3.05, 3.63) is 132 Å². The molecule has 0 bridgehead atoms. The van der Waals surface area contributed by atoms with Gasteiger partial charge in [0.15, 0.2) is 0 Å². The SMILES string of the molecule is CC(C)CSC(C)C(=O)NCC(=O)Nc1ccccc1SC(c1ccccc1)(c1ccccc1)c1ccccc1. The minimum atomic E-state index is -0.568. The number of para-hydroxylation sites is 1. The van der Waals surface area contributed by atoms with Gasteiger partial charge in [0, 0.05) is 4.90 Å². The van der Waals surface area contributed by atoms with Gasteiger partial charge in [-0.2, -0.15) is 0 Å². The highest BCUT2D eigenvalue weighted by molar-refractivity contribution is 8.01. The van der Waals surface area contributed by atoms with Crippen molar-refractivity contribution in [1.82, 2.24) is 5.32 Å². The van der Waals surface area contributed by atoms with Crippen LogP contribution in [0.3, 0.4) is 0 Å². The second-order valence-corrected chi connectivity index (χ2v) is 12.6. The van der Waals surface area contributed by atoms with Crippen molar-refractivity contribution in [1.29, 1.82) is 0 Å². The zero-order valence-electron chi connectivity index (χ0n) is 23.2. The van der Waals surface area contributed by atoms with Crippen LogP contribution in [0.25, 0.3) is 0 Å². The number of nitrogens with one attached hydrogen (secondary N) is 2. The number of carbonyl (C=O) groups excluding carboxylic acids is 2. The van der Waals surface area contributed by atoms with E-state index < -0.39 is 4.75 Å². The summed E-state index contributed by atoms with van der Waals surface area (Å²) in [4.78, 5) is 26.4. The maximum Gasteiger partial charge on any atom is 0.243 e. The van der Waals surface area contributed by atoms with Crippen LogP contribution >= 0.6 is 23.5 Å². The molecule has 0 saturated carbocycles. The van der Waals surface area contributed by atoms with Gasteiger partial charge in [0.1, 0.15) is 0 Å². The number of amides is 2. The molecule has 4 rings (SSSR count). The van der Waals surface area contributed by atoms with Crippen LogP contribution < -0.4 is 10.6 Å². The van der Waals surface area contributed by atoms with Gasteiger partial charge >= 0.3 is 0 Å². The minimum absolute atomic E-state index is 0.0778. The van der Waals surface area contributed by atoms with E-state index in [1.54, 1.807) is 23.5 Å². The van der Waals surface area contributed by atoms with E-state index >= 15 is 0 Å². The van der Waals surface area contributed by atoms with Crippen LogP contribution in [-0.4, -0.2) is 29.4 Å². The van der Waals surface area contributed by atoms with E-state index in [0.717, 1.165) is 27.3 Å². The van der Waals surface area contributed by atoms with E-state index in [4.69, 9.17) is 0 Å². The van der Waals surface area contributed by atoms with Gasteiger partial charge in [0.25, 0.3) is 0 Å². The number of rotatable bonds is 12. The van der Waals surface area contributed by atoms with Crippen LogP contribution in [0.1, 0.15) is 37.5 Å². The quantitative estimate of drug-likeness (QED) is 0.136. The Labute approximate surface area is 246 Å². The third-order valence-electron chi connectivity index (χ3n) is 6.44. The first-order valence-electron chi connectivity index (χ1n) is 13.5. The lowest BCUT2D eigenvalue weighted by Crippen LogP contribution is -2.37. The van der Waals surface area contributed by atoms with Crippen molar-refractivity contribution in [3.63, 3.8) is 0 Å². The lowest BCUT2D eigenvalue weighted by atomic mass is 9.84. The topological polar surface area (TPSA) is 58.2 Å². The van der Waals surface area contributed by atoms with Crippen LogP contribution in [0.15, 0.2) is 120 Å². The molecule has 1 unspecified atom stereocenters. The molecule has 40 heavy (non-hydrogen) atoms. The van der Waals surface area contributed by atoms with E-state index in [-0.39, 0.29) is 23.6 Å². The first kappa shape index (κ1) is 29.5. The number of hydrogen-bond acceptors (Lipinski definition) is 4. The highest BCUT2D eigenvalue weighted by Gasteiger charge is 2.38. The van der Waals surface area contributed by atoms with E-state index in [9.17, 15) is 9.59 Å². The van der Waals surface area contributed by atoms with Gasteiger partial charge in [-0.15, -0.1) is 23.5 Å². The average Bonchev–Trinajstić information content (AvgIpc) is 2.99. The summed E-state index contributed by atoms with van der Waals surface area (Å²) in [5.74, 6) is 1.02. The molecule has 1 atom stereocenters. The summed E-state index contributed by atoms with van der Waals surface area (Å²) < 4.78 is -0.568. The average molecular weight is 569 g/mol. The molecule has 4 aromatic rings. The highest BCUT2D eigenvalue weighted by Crippen LogP contribution is 2.52. The van der Waals surface area contributed by atoms with E-state index in [0.29, 0.717) is 11.6 Å². The fourth-order valence-corrected chi connectivity index (χ4v) is 6.81. The first-order chi connectivity index (χ1) is 19.4. The number of thioether (sulfide) groups is 2. The number of anilines is 1. The Hall–Kier alpha value is -3.48. The molecule has 0 aromatic heterocycles. The Bertz CT molecular complexity index is 1280. The Morgan fingerprint density at radius 2 is 1.18 bits per heavy atom. The largest absolute Gasteiger partial charge is 0.346 e. The Balaban J connectivity index is 1.63. The van der Waals surface area contributed by atoms with Crippen LogP contribution in [0.4, 0.5) is 5.69 Å². The minimum Gasteiger partial charge on any atom is -0.346 e. The molecule has 2 N–H and O–H groups in total. The molecule has 0 aliphatic rings. The molecule has 0 heterocycles. The molecule has 4 nitrogen and oxygen atoms in total. The van der Waals surface area contributed by atoms with E-state index in [2.05, 4.69) is 97.3 Å². The highest BCUT2D eigenvalue weighted by atomic mass is 32.2. The van der Waals surface area contributed by atoms with E-state index in [1.165, 1.54) is 0 Å². The summed E-state index contributed by atoms with van der Waals surface area (Å²) in [5, 5.41) is 5.64. The number of benzene rings is 4. The lowest BCUT2D eigenvalue weighted by molar-refractivity contribution is -0.123. The predicted octanol–water partition coefficient (Wildman–Crippen LogP) is 7.60. The van der Waals surface area contributed by atoms with Crippen molar-refractivity contribution < 1.29 is 9.59 Å². The summed E-state index contributed by atoms with van der Waals surface area (Å²) in [5.41, 5.74) is 4.12. The van der Waals surface area contributed by atoms with Gasteiger partial charge in [0.2, 0.25) is 11.8 Å². The van der Waals surface area contributed by atoms with Gasteiger partial charge in [-0.1, -0.05) is 117 Å². The molecule has 0 fully saturated rings. The van der Waals surface area contributed by atoms with Crippen molar-refractivity contribution in [3.8, 4) is 0 Å². The molecule has 6 heteroatoms. The maximum atomic E-state index is 13.0. The molecule has 0 spiro atoms. The predicted molar refractivity (Wildman–Crippen MR) is 170 cm³/mol. The summed E-state index contributed by atoms with van der Waals surface area (Å²) in [7, 11) is 0. The van der Waals surface area contributed by atoms with Gasteiger partial charge < -0.3 is 10.6 Å². The monoisotopic (exact) mass is 568 g/mol. The molecular formula is C34H36N2O2S2. The lowest BCUT2D eigenvalue weighted by Gasteiger charge is -2.36. The molecule has 0 aliphatic heterocycles. The summed E-state index contributed by atoms with van der Waals surface area (Å²) in [6, 6.07) is 39.2. The van der Waals surface area contributed by atoms with Gasteiger partial charge in [-0.25, -0.2) is 0 Å². The second kappa shape index (κ2) is 14.2. The molecule has 0 saturated heterocycles. The number of hydrogen-bond donors (Lipinski definition) is 2. The van der Waals surface area contributed by atoms with Gasteiger partial charge in [-0.3, -0.25) is 9.59 Å². The van der Waals surface area contributed by atoms with E-state index in [1.807, 2.05) is 49.4 Å². The molecule has 2 amide bonds. The van der Waals surface area contributed by atoms with Crippen LogP contribution in [-0.2, 0) is 14.3 Å². The summed E-state index contributed by atoms with van der Waals surface area (Å²) in [6.07, 6.45) is 0. The van der Waals surface area contributed by atoms with Crippen LogP contribution in [0.5, 0.6) is 0 Å². The summed E-state index contributed by atoms with van der Waals surface area (Å²) >= 11 is 3.30. The maximum absolute atomic E-state index is 13.0. The molecule has 4 aromatic carbocycles. The fourth-order valence-electron chi connectivity index (χ4n) is 4.44. The second-order valence-electron chi connectivity index (χ2n) is 10.0. The first-order valence-corrected chi connectivity index (χ1v) is 15.4. The normalized spacial score (nSPS) is 12.1. The van der Waals surface area contributed by atoms with Crippen molar-refractivity contribution in [2.75, 3.05) is 17.6 Å². The van der Waals surface area contributed by atoms with Crippen molar-refractivity contribution in [2.45, 2.75) is 35.7 Å². The molecule has 0 radical (unpaired) electrons. The van der Waals surface area contributed by atoms with Gasteiger partial charge in [-0.05, 0) is 47.4 Å². The third-order valence-corrected chi connectivity index (χ3v) is 9.60. The smallest absolute Gasteiger partial charge is 0.243 e. The van der Waals surface area contributed by atoms with Crippen LogP contribution in [0, 0.1) is 5.92 Å². The zero-order chi connectivity index (χ0) is 28.4. The third kappa shape index (κ3) is 7.38. The zero-order valence-corrected chi connectivity index (χ0v) is 24.8. The Kier molecular flexibility index (Phi) is 10.5. The Morgan fingerprint density at radius 1 is 0.700 bits per heavy atom. The number of carbonyl (C=O) groups is 2. The fraction of sp³-hybridized carbons (Fsp3) is 0.235. The standard InChI is InChI=1S/C34H36N2O2S2/c1-25(2)24-39-26(3)33(38)35-23-32(37)36-30-21-13-14-22-31(30)40-34(27-15-7-4-8-16-27,28-17-9-5-10-18-28)29-19-11-6-12-20-29/h4-22,25-26H,23-24H2,1-3H3,(H,35,38)(H,36,37). The van der Waals surface area contributed by atoms with Crippen LogP contribution in [0.2, 0.25) is 0 Å². The molecule has 0 aliphatic carbocycles. The molecule has 206 valence electrons.